The Morgan fingerprint density at radius 3 is 2.36 bits per heavy atom. The zero-order valence-corrected chi connectivity index (χ0v) is 18.6. The van der Waals surface area contributed by atoms with Crippen molar-refractivity contribution in [1.29, 1.82) is 0 Å². The number of benzene rings is 1. The van der Waals surface area contributed by atoms with E-state index in [1.54, 1.807) is 0 Å². The summed E-state index contributed by atoms with van der Waals surface area (Å²) in [6.45, 7) is 0.689. The summed E-state index contributed by atoms with van der Waals surface area (Å²) in [5, 5.41) is 42.7. The first kappa shape index (κ1) is 24.6. The lowest BCUT2D eigenvalue weighted by Crippen LogP contribution is -2.65. The molecule has 1 fully saturated rings. The highest BCUT2D eigenvalue weighted by Crippen LogP contribution is 2.24. The molecular weight excluding hydrogens is 458 g/mol. The van der Waals surface area contributed by atoms with Gasteiger partial charge in [-0.05, 0) is 30.3 Å². The number of ether oxygens (including phenoxy) is 2. The normalized spacial score (nSPS) is 25.2. The Balaban J connectivity index is 1.74. The second-order valence-electron chi connectivity index (χ2n) is 7.22. The summed E-state index contributed by atoms with van der Waals surface area (Å²) in [6.07, 6.45) is -4.92. The van der Waals surface area contributed by atoms with Crippen LogP contribution in [-0.4, -0.2) is 84.1 Å². The third-order valence-electron chi connectivity index (χ3n) is 4.86. The zero-order chi connectivity index (χ0) is 24.2. The van der Waals surface area contributed by atoms with Crippen molar-refractivity contribution in [3.05, 3.63) is 36.4 Å². The monoisotopic (exact) mass is 483 g/mol. The number of amides is 1. The van der Waals surface area contributed by atoms with Gasteiger partial charge in [0.05, 0.1) is 18.6 Å². The van der Waals surface area contributed by atoms with Crippen LogP contribution in [0.15, 0.2) is 41.3 Å². The molecule has 2 aromatic rings. The number of sulfonamides is 1. The number of nitrogens with zero attached hydrogens (tertiary/aromatic N) is 2. The third-order valence-corrected chi connectivity index (χ3v) is 6.23. The van der Waals surface area contributed by atoms with Gasteiger partial charge in [0, 0.05) is 18.7 Å². The fourth-order valence-corrected chi connectivity index (χ4v) is 4.21. The summed E-state index contributed by atoms with van der Waals surface area (Å²) in [5.74, 6) is -0.218. The van der Waals surface area contributed by atoms with Gasteiger partial charge >= 0.3 is 0 Å². The van der Waals surface area contributed by atoms with Gasteiger partial charge in [-0.2, -0.15) is 0 Å². The standard InChI is InChI=1S/C19H25N5O8S/c1-10(26)20-16-18(28)17(27)13(9-25)32-19(16)21-11-3-5-12(6-4-11)33(29,30)24-14-7-8-15(31-2)23-22-14/h3-8,13,16-19,21,25,27-28H,9H2,1-2H3,(H,20,26)(H,22,24)/t13-,16-,17+,18+,19-/m0/s1. The van der Waals surface area contributed by atoms with Gasteiger partial charge in [-0.3, -0.25) is 9.52 Å². The first-order chi connectivity index (χ1) is 15.6. The number of aliphatic hydroxyl groups is 3. The molecule has 0 unspecified atom stereocenters. The molecule has 1 aliphatic rings. The smallest absolute Gasteiger partial charge is 0.263 e. The second-order valence-corrected chi connectivity index (χ2v) is 8.90. The van der Waals surface area contributed by atoms with Gasteiger partial charge in [0.1, 0.15) is 24.4 Å². The lowest BCUT2D eigenvalue weighted by molar-refractivity contribution is -0.188. The van der Waals surface area contributed by atoms with E-state index in [0.29, 0.717) is 5.69 Å². The van der Waals surface area contributed by atoms with Crippen LogP contribution in [0.1, 0.15) is 6.92 Å². The summed E-state index contributed by atoms with van der Waals surface area (Å²) in [7, 11) is -2.54. The lowest BCUT2D eigenvalue weighted by Gasteiger charge is -2.43. The molecule has 1 aliphatic heterocycles. The van der Waals surface area contributed by atoms with Crippen LogP contribution in [0.25, 0.3) is 0 Å². The molecule has 0 aliphatic carbocycles. The minimum atomic E-state index is -3.95. The van der Waals surface area contributed by atoms with Crippen molar-refractivity contribution in [1.82, 2.24) is 15.5 Å². The predicted molar refractivity (Wildman–Crippen MR) is 115 cm³/mol. The molecule has 0 spiro atoms. The summed E-state index contributed by atoms with van der Waals surface area (Å²) in [5.41, 5.74) is 0.402. The van der Waals surface area contributed by atoms with Gasteiger partial charge in [0.25, 0.3) is 10.0 Å². The van der Waals surface area contributed by atoms with E-state index in [-0.39, 0.29) is 16.6 Å². The molecule has 1 saturated heterocycles. The van der Waals surface area contributed by atoms with E-state index in [1.165, 1.54) is 50.4 Å². The van der Waals surface area contributed by atoms with Crippen molar-refractivity contribution >= 4 is 27.4 Å². The highest BCUT2D eigenvalue weighted by molar-refractivity contribution is 7.92. The van der Waals surface area contributed by atoms with Crippen LogP contribution in [0, 0.1) is 0 Å². The van der Waals surface area contributed by atoms with Gasteiger partial charge in [0.2, 0.25) is 11.8 Å². The van der Waals surface area contributed by atoms with Crippen molar-refractivity contribution in [3.8, 4) is 5.88 Å². The summed E-state index contributed by atoms with van der Waals surface area (Å²) >= 11 is 0. The number of methoxy groups -OCH3 is 1. The number of aromatic nitrogens is 2. The molecule has 5 atom stereocenters. The molecule has 3 rings (SSSR count). The number of carbonyl (C=O) groups is 1. The van der Waals surface area contributed by atoms with Crippen LogP contribution >= 0.6 is 0 Å². The molecule has 180 valence electrons. The van der Waals surface area contributed by atoms with Crippen molar-refractivity contribution in [2.75, 3.05) is 23.8 Å². The van der Waals surface area contributed by atoms with E-state index in [9.17, 15) is 28.5 Å². The van der Waals surface area contributed by atoms with Crippen molar-refractivity contribution < 1.29 is 38.0 Å². The average Bonchev–Trinajstić information content (AvgIpc) is 2.79. The Bertz CT molecular complexity index is 1050. The second kappa shape index (κ2) is 10.3. The topological polar surface area (TPSA) is 192 Å². The number of hydrogen-bond donors (Lipinski definition) is 6. The highest BCUT2D eigenvalue weighted by atomic mass is 32.2. The first-order valence-corrected chi connectivity index (χ1v) is 11.3. The molecule has 33 heavy (non-hydrogen) atoms. The van der Waals surface area contributed by atoms with E-state index >= 15 is 0 Å². The molecule has 1 aromatic carbocycles. The molecular formula is C19H25N5O8S. The van der Waals surface area contributed by atoms with Gasteiger partial charge in [-0.15, -0.1) is 10.2 Å². The molecule has 1 aromatic heterocycles. The van der Waals surface area contributed by atoms with E-state index in [4.69, 9.17) is 9.47 Å². The van der Waals surface area contributed by atoms with Crippen molar-refractivity contribution in [3.63, 3.8) is 0 Å². The van der Waals surface area contributed by atoms with Crippen LogP contribution in [-0.2, 0) is 19.6 Å². The molecule has 0 saturated carbocycles. The minimum absolute atomic E-state index is 0.00865. The number of carbonyl (C=O) groups excluding carboxylic acids is 1. The molecule has 0 bridgehead atoms. The van der Waals surface area contributed by atoms with E-state index in [2.05, 4.69) is 25.6 Å². The number of anilines is 2. The van der Waals surface area contributed by atoms with Gasteiger partial charge < -0.3 is 35.4 Å². The molecule has 14 heteroatoms. The van der Waals surface area contributed by atoms with Gasteiger partial charge in [0.15, 0.2) is 12.0 Å². The van der Waals surface area contributed by atoms with E-state index in [0.717, 1.165) is 0 Å². The summed E-state index contributed by atoms with van der Waals surface area (Å²) < 4.78 is 38.0. The number of aliphatic hydroxyl groups excluding tert-OH is 3. The SMILES string of the molecule is COc1ccc(NS(=O)(=O)c2ccc(N[C@H]3O[C@@H](CO)[C@@H](O)[C@H](O)[C@@H]3NC(C)=O)cc2)nn1. The van der Waals surface area contributed by atoms with Crippen LogP contribution in [0.5, 0.6) is 5.88 Å². The molecule has 2 heterocycles. The molecule has 1 amide bonds. The number of rotatable bonds is 8. The van der Waals surface area contributed by atoms with Gasteiger partial charge in [-0.25, -0.2) is 8.42 Å². The summed E-state index contributed by atoms with van der Waals surface area (Å²) in [6, 6.07) is 7.39. The highest BCUT2D eigenvalue weighted by Gasteiger charge is 2.44. The maximum absolute atomic E-state index is 12.6. The third kappa shape index (κ3) is 5.85. The zero-order valence-electron chi connectivity index (χ0n) is 17.7. The number of nitrogens with one attached hydrogen (secondary N) is 3. The van der Waals surface area contributed by atoms with Crippen LogP contribution in [0.4, 0.5) is 11.5 Å². The van der Waals surface area contributed by atoms with Crippen LogP contribution in [0.3, 0.4) is 0 Å². The quantitative estimate of drug-likeness (QED) is 0.260. The lowest BCUT2D eigenvalue weighted by atomic mass is 9.96. The Morgan fingerprint density at radius 2 is 1.82 bits per heavy atom. The first-order valence-electron chi connectivity index (χ1n) is 9.81. The minimum Gasteiger partial charge on any atom is -0.480 e. The molecule has 6 N–H and O–H groups in total. The largest absolute Gasteiger partial charge is 0.480 e. The molecule has 13 nitrogen and oxygen atoms in total. The van der Waals surface area contributed by atoms with E-state index < -0.39 is 53.1 Å². The Morgan fingerprint density at radius 1 is 1.12 bits per heavy atom. The fraction of sp³-hybridized carbons (Fsp3) is 0.421. The fourth-order valence-electron chi connectivity index (χ4n) is 3.21. The van der Waals surface area contributed by atoms with Crippen molar-refractivity contribution in [2.45, 2.75) is 42.4 Å². The Hall–Kier alpha value is -3.04. The van der Waals surface area contributed by atoms with Crippen LogP contribution in [0.2, 0.25) is 0 Å². The van der Waals surface area contributed by atoms with Crippen molar-refractivity contribution in [2.24, 2.45) is 0 Å². The van der Waals surface area contributed by atoms with Crippen LogP contribution < -0.4 is 20.1 Å². The molecule has 0 radical (unpaired) electrons. The predicted octanol–water partition coefficient (Wildman–Crippen LogP) is -1.36. The Labute approximate surface area is 189 Å². The Kier molecular flexibility index (Phi) is 7.65. The summed E-state index contributed by atoms with van der Waals surface area (Å²) in [4.78, 5) is 11.5. The maximum atomic E-state index is 12.6. The van der Waals surface area contributed by atoms with Gasteiger partial charge in [-0.1, -0.05) is 0 Å². The maximum Gasteiger partial charge on any atom is 0.263 e. The van der Waals surface area contributed by atoms with E-state index in [1.807, 2.05) is 0 Å². The average molecular weight is 484 g/mol. The number of hydrogen-bond acceptors (Lipinski definition) is 11.